The van der Waals surface area contributed by atoms with E-state index in [9.17, 15) is 42.6 Å². The maximum atomic E-state index is 14.0. The number of thiazole rings is 1. The number of carbonyl (C=O) groups excluding carboxylic acids is 4. The molecule has 2 aliphatic rings. The van der Waals surface area contributed by atoms with Crippen LogP contribution >= 0.6 is 11.3 Å². The number of benzene rings is 3. The van der Waals surface area contributed by atoms with Crippen molar-refractivity contribution in [2.75, 3.05) is 19.8 Å². The van der Waals surface area contributed by atoms with Crippen LogP contribution in [0.2, 0.25) is 0 Å². The Labute approximate surface area is 411 Å². The fraction of sp³-hybridized carbons (Fsp3) is 0.500. The second kappa shape index (κ2) is 21.6. The molecule has 5 N–H and O–H groups in total. The maximum Gasteiger partial charge on any atom is 0.417 e. The van der Waals surface area contributed by atoms with Crippen molar-refractivity contribution in [3.05, 3.63) is 106 Å². The van der Waals surface area contributed by atoms with E-state index in [1.54, 1.807) is 56.6 Å². The SMILES string of the molecule is Cc1ncsc1-c1ccc([C@H](O)NC(=O)[C@@H]2C[C@@H](O)CN2C(=O)C(NC(=O)COCCCCCc2ccc(C(=O)N[C@H]3C(C)(C)[C@H](Oc4ccc(C#N)c(C(F)(F)F)c4)C3(C)C)cc2)C(C)(C)C)cc1. The summed E-state index contributed by atoms with van der Waals surface area (Å²) < 4.78 is 52.6. The lowest BCUT2D eigenvalue weighted by Crippen LogP contribution is -2.74. The first kappa shape index (κ1) is 53.5. The first-order valence-corrected chi connectivity index (χ1v) is 24.2. The van der Waals surface area contributed by atoms with Crippen LogP contribution in [0.25, 0.3) is 10.4 Å². The van der Waals surface area contributed by atoms with Crippen molar-refractivity contribution in [3.63, 3.8) is 0 Å². The van der Waals surface area contributed by atoms with Gasteiger partial charge in [-0.05, 0) is 73.1 Å². The van der Waals surface area contributed by atoms with Crippen LogP contribution in [0.4, 0.5) is 13.2 Å². The molecular weight excluding hydrogens is 926 g/mol. The minimum atomic E-state index is -4.72. The Morgan fingerprint density at radius 2 is 1.63 bits per heavy atom. The monoisotopic (exact) mass is 988 g/mol. The first-order valence-electron chi connectivity index (χ1n) is 23.3. The summed E-state index contributed by atoms with van der Waals surface area (Å²) in [5.41, 5.74) is 1.91. The van der Waals surface area contributed by atoms with Crippen molar-refractivity contribution in [2.24, 2.45) is 16.2 Å². The van der Waals surface area contributed by atoms with Crippen LogP contribution in [-0.2, 0) is 31.7 Å². The second-order valence-electron chi connectivity index (χ2n) is 20.5. The Morgan fingerprint density at radius 1 is 0.957 bits per heavy atom. The number of aliphatic hydroxyl groups is 2. The van der Waals surface area contributed by atoms with E-state index >= 15 is 0 Å². The van der Waals surface area contributed by atoms with Gasteiger partial charge in [0.1, 0.15) is 30.5 Å². The van der Waals surface area contributed by atoms with E-state index < -0.39 is 81.8 Å². The molecule has 1 saturated heterocycles. The predicted octanol–water partition coefficient (Wildman–Crippen LogP) is 7.65. The highest BCUT2D eigenvalue weighted by molar-refractivity contribution is 7.13. The van der Waals surface area contributed by atoms with Crippen LogP contribution in [0, 0.1) is 34.5 Å². The number of nitrogens with zero attached hydrogens (tertiary/aromatic N) is 3. The Hall–Kier alpha value is -5.87. The lowest BCUT2D eigenvalue weighted by molar-refractivity contribution is -0.164. The van der Waals surface area contributed by atoms with Crippen molar-refractivity contribution in [2.45, 2.75) is 130 Å². The summed E-state index contributed by atoms with van der Waals surface area (Å²) >= 11 is 1.50. The number of aromatic nitrogens is 1. The zero-order valence-electron chi connectivity index (χ0n) is 40.8. The summed E-state index contributed by atoms with van der Waals surface area (Å²) in [6.45, 7) is 14.7. The van der Waals surface area contributed by atoms with Crippen LogP contribution in [0.1, 0.15) is 119 Å². The van der Waals surface area contributed by atoms with Gasteiger partial charge in [0.25, 0.3) is 5.91 Å². The molecule has 18 heteroatoms. The number of alkyl halides is 3. The minimum absolute atomic E-state index is 0.00549. The summed E-state index contributed by atoms with van der Waals surface area (Å²) in [6, 6.07) is 16.7. The van der Waals surface area contributed by atoms with Crippen LogP contribution in [0.3, 0.4) is 0 Å². The number of hydrogen-bond donors (Lipinski definition) is 5. The Kier molecular flexibility index (Phi) is 16.5. The molecule has 1 aromatic heterocycles. The summed E-state index contributed by atoms with van der Waals surface area (Å²) in [5.74, 6) is -1.96. The minimum Gasteiger partial charge on any atom is -0.489 e. The van der Waals surface area contributed by atoms with Gasteiger partial charge in [0.05, 0.1) is 39.4 Å². The number of carbonyl (C=O) groups is 4. The molecule has 1 saturated carbocycles. The average molecular weight is 989 g/mol. The molecule has 0 bridgehead atoms. The molecule has 6 rings (SSSR count). The molecular formula is C52H63F3N6O8S. The van der Waals surface area contributed by atoms with Gasteiger partial charge < -0.3 is 40.5 Å². The number of hydrogen-bond acceptors (Lipinski definition) is 11. The van der Waals surface area contributed by atoms with Gasteiger partial charge >= 0.3 is 6.18 Å². The van der Waals surface area contributed by atoms with Crippen LogP contribution in [0.5, 0.6) is 5.75 Å². The van der Waals surface area contributed by atoms with Crippen molar-refractivity contribution in [3.8, 4) is 22.3 Å². The number of halogens is 3. The molecule has 0 spiro atoms. The smallest absolute Gasteiger partial charge is 0.417 e. The number of rotatable bonds is 18. The van der Waals surface area contributed by atoms with Crippen molar-refractivity contribution >= 4 is 35.0 Å². The van der Waals surface area contributed by atoms with Gasteiger partial charge in [-0.2, -0.15) is 18.4 Å². The van der Waals surface area contributed by atoms with Gasteiger partial charge in [-0.25, -0.2) is 4.98 Å². The fourth-order valence-corrected chi connectivity index (χ4v) is 10.6. The number of β-amino-alcohol motifs (C(OH)–C–C–N with tert-alkyl or cyclic N) is 1. The molecule has 1 aliphatic heterocycles. The van der Waals surface area contributed by atoms with Crippen LogP contribution in [-0.4, -0.2) is 93.8 Å². The molecule has 4 amide bonds. The summed E-state index contributed by atoms with van der Waals surface area (Å²) in [5, 5.41) is 39.1. The normalized spacial score (nSPS) is 20.4. The number of nitrogens with one attached hydrogen (secondary N) is 3. The van der Waals surface area contributed by atoms with Gasteiger partial charge in [0.15, 0.2) is 6.23 Å². The molecule has 4 atom stereocenters. The summed E-state index contributed by atoms with van der Waals surface area (Å²) in [4.78, 5) is 60.5. The zero-order chi connectivity index (χ0) is 51.3. The van der Waals surface area contributed by atoms with Crippen molar-refractivity contribution < 1.29 is 52.0 Å². The van der Waals surface area contributed by atoms with E-state index in [1.807, 2.05) is 58.9 Å². The number of amides is 4. The average Bonchev–Trinajstić information content (AvgIpc) is 3.92. The Morgan fingerprint density at radius 3 is 2.23 bits per heavy atom. The second-order valence-corrected chi connectivity index (χ2v) is 21.3. The summed E-state index contributed by atoms with van der Waals surface area (Å²) in [6.07, 6.45) is -4.58. The van der Waals surface area contributed by atoms with Crippen LogP contribution in [0.15, 0.2) is 72.2 Å². The molecule has 1 aliphatic carbocycles. The topological polar surface area (TPSA) is 203 Å². The van der Waals surface area contributed by atoms with E-state index in [0.717, 1.165) is 53.1 Å². The maximum absolute atomic E-state index is 14.0. The first-order chi connectivity index (χ1) is 32.8. The molecule has 14 nitrogen and oxygen atoms in total. The molecule has 4 aromatic rings. The number of likely N-dealkylation sites (tertiary alicyclic amines) is 1. The van der Waals surface area contributed by atoms with E-state index in [0.29, 0.717) is 24.2 Å². The number of nitriles is 1. The third-order valence-electron chi connectivity index (χ3n) is 13.3. The van der Waals surface area contributed by atoms with Gasteiger partial charge in [0.2, 0.25) is 17.7 Å². The molecule has 70 heavy (non-hydrogen) atoms. The number of aliphatic hydroxyl groups excluding tert-OH is 2. The standard InChI is InChI=1S/C52H63F3N6O8S/c1-30-41(70-29-57-30)32-17-19-34(20-18-32)43(64)59-45(66)39-24-36(62)27-61(39)46(67)42(49(2,3)4)58-40(63)28-68-23-11-9-10-12-31-13-15-33(16-14-31)44(65)60-47-50(5,6)48(51(47,7)8)69-37-22-21-35(26-56)38(25-37)52(53,54)55/h13-22,25,29,36,39,42-43,47-48,62,64H,9-12,23-24,27-28H2,1-8H3,(H,58,63)(H,59,66)(H,60,65)/t36-,39+,42?,43+,47-,48-/m1/s1. The lowest BCUT2D eigenvalue weighted by atomic mass is 9.49. The highest BCUT2D eigenvalue weighted by Crippen LogP contribution is 2.56. The molecule has 376 valence electrons. The van der Waals surface area contributed by atoms with E-state index in [1.165, 1.54) is 22.3 Å². The number of aryl methyl sites for hydroxylation is 2. The molecule has 2 heterocycles. The quantitative estimate of drug-likeness (QED) is 0.0487. The highest BCUT2D eigenvalue weighted by Gasteiger charge is 2.64. The summed E-state index contributed by atoms with van der Waals surface area (Å²) in [7, 11) is 0. The van der Waals surface area contributed by atoms with Gasteiger partial charge in [-0.1, -0.05) is 91.3 Å². The number of unbranched alkanes of at least 4 members (excludes halogenated alkanes) is 2. The third kappa shape index (κ3) is 12.3. The Bertz CT molecular complexity index is 2540. The van der Waals surface area contributed by atoms with Crippen molar-refractivity contribution in [1.29, 1.82) is 5.26 Å². The van der Waals surface area contributed by atoms with Crippen LogP contribution < -0.4 is 20.7 Å². The van der Waals surface area contributed by atoms with E-state index in [-0.39, 0.29) is 37.3 Å². The molecule has 2 fully saturated rings. The fourth-order valence-electron chi connectivity index (χ4n) is 9.81. The van der Waals surface area contributed by atoms with Gasteiger partial charge in [0, 0.05) is 47.6 Å². The van der Waals surface area contributed by atoms with E-state index in [4.69, 9.17) is 14.7 Å². The molecule has 0 radical (unpaired) electrons. The van der Waals surface area contributed by atoms with Crippen molar-refractivity contribution in [1.82, 2.24) is 25.8 Å². The third-order valence-corrected chi connectivity index (χ3v) is 14.3. The Balaban J connectivity index is 0.912. The van der Waals surface area contributed by atoms with Gasteiger partial charge in [-0.15, -0.1) is 11.3 Å². The van der Waals surface area contributed by atoms with E-state index in [2.05, 4.69) is 20.9 Å². The molecule has 1 unspecified atom stereocenters. The highest BCUT2D eigenvalue weighted by atomic mass is 32.1. The lowest BCUT2D eigenvalue weighted by Gasteiger charge is -2.63. The predicted molar refractivity (Wildman–Crippen MR) is 257 cm³/mol. The zero-order valence-corrected chi connectivity index (χ0v) is 41.6. The van der Waals surface area contributed by atoms with Gasteiger partial charge in [-0.3, -0.25) is 19.2 Å². The largest absolute Gasteiger partial charge is 0.489 e. The number of ether oxygens (including phenoxy) is 2. The molecule has 3 aromatic carbocycles.